The quantitative estimate of drug-likeness (QED) is 0.641. The van der Waals surface area contributed by atoms with Gasteiger partial charge in [-0.25, -0.2) is 0 Å². The Morgan fingerprint density at radius 3 is 2.12 bits per heavy atom. The minimum Gasteiger partial charge on any atom is -0.345 e. The number of carbonyl (C=O) groups excluding carboxylic acids is 2. The Hall–Kier alpha value is -0.900. The molecule has 3 N–H and O–H groups in total. The highest BCUT2D eigenvalue weighted by atomic mass is 16.2. The Kier molecular flexibility index (Phi) is 6.97. The lowest BCUT2D eigenvalue weighted by Gasteiger charge is -2.23. The third kappa shape index (κ3) is 4.31. The molecule has 0 spiro atoms. The first-order valence-corrected chi connectivity index (χ1v) is 5.99. The van der Waals surface area contributed by atoms with Crippen molar-refractivity contribution in [3.8, 4) is 0 Å². The van der Waals surface area contributed by atoms with E-state index < -0.39 is 12.1 Å². The normalized spacial score (nSPS) is 18.3. The highest BCUT2D eigenvalue weighted by Crippen LogP contribution is 2.08. The van der Waals surface area contributed by atoms with Gasteiger partial charge in [0.2, 0.25) is 5.91 Å². The van der Waals surface area contributed by atoms with E-state index in [4.69, 9.17) is 5.73 Å². The van der Waals surface area contributed by atoms with Crippen LogP contribution >= 0.6 is 0 Å². The lowest BCUT2D eigenvalue weighted by Crippen LogP contribution is -2.50. The van der Waals surface area contributed by atoms with Gasteiger partial charge in [0.1, 0.15) is 6.29 Å². The average molecular weight is 228 g/mol. The minimum atomic E-state index is -0.531. The van der Waals surface area contributed by atoms with Gasteiger partial charge in [-0.1, -0.05) is 40.5 Å². The van der Waals surface area contributed by atoms with E-state index in [1.807, 2.05) is 27.7 Å². The van der Waals surface area contributed by atoms with Crippen molar-refractivity contribution < 1.29 is 9.59 Å². The van der Waals surface area contributed by atoms with E-state index in [0.717, 1.165) is 19.1 Å². The van der Waals surface area contributed by atoms with Gasteiger partial charge in [-0.05, 0) is 11.8 Å². The summed E-state index contributed by atoms with van der Waals surface area (Å²) in [6.45, 7) is 7.85. The lowest BCUT2D eigenvalue weighted by molar-refractivity contribution is -0.126. The van der Waals surface area contributed by atoms with E-state index in [0.29, 0.717) is 0 Å². The molecule has 0 saturated carbocycles. The number of hydrogen-bond acceptors (Lipinski definition) is 3. The van der Waals surface area contributed by atoms with E-state index >= 15 is 0 Å². The van der Waals surface area contributed by atoms with Gasteiger partial charge >= 0.3 is 0 Å². The monoisotopic (exact) mass is 228 g/mol. The highest BCUT2D eigenvalue weighted by Gasteiger charge is 2.23. The number of aldehydes is 1. The number of nitrogens with one attached hydrogen (secondary N) is 1. The van der Waals surface area contributed by atoms with Crippen LogP contribution in [0.15, 0.2) is 0 Å². The molecule has 0 aromatic carbocycles. The summed E-state index contributed by atoms with van der Waals surface area (Å²) in [7, 11) is 0. The summed E-state index contributed by atoms with van der Waals surface area (Å²) in [6, 6.07) is -0.955. The zero-order valence-corrected chi connectivity index (χ0v) is 10.7. The Labute approximate surface area is 98.0 Å². The fourth-order valence-electron chi connectivity index (χ4n) is 1.34. The molecule has 0 heterocycles. The molecule has 0 aromatic rings. The molecule has 0 aromatic heterocycles. The Bertz CT molecular complexity index is 231. The summed E-state index contributed by atoms with van der Waals surface area (Å²) < 4.78 is 0. The largest absolute Gasteiger partial charge is 0.345 e. The zero-order valence-electron chi connectivity index (χ0n) is 10.7. The maximum Gasteiger partial charge on any atom is 0.237 e. The second-order valence-electron chi connectivity index (χ2n) is 4.47. The highest BCUT2D eigenvalue weighted by molar-refractivity contribution is 5.84. The summed E-state index contributed by atoms with van der Waals surface area (Å²) in [5.41, 5.74) is 5.79. The van der Waals surface area contributed by atoms with Crippen molar-refractivity contribution in [1.82, 2.24) is 5.32 Å². The van der Waals surface area contributed by atoms with Gasteiger partial charge in [0, 0.05) is 0 Å². The first-order valence-electron chi connectivity index (χ1n) is 5.99. The maximum atomic E-state index is 11.7. The van der Waals surface area contributed by atoms with E-state index in [9.17, 15) is 9.59 Å². The number of rotatable bonds is 7. The smallest absolute Gasteiger partial charge is 0.237 e. The lowest BCUT2D eigenvalue weighted by atomic mass is 9.97. The van der Waals surface area contributed by atoms with Gasteiger partial charge in [0.25, 0.3) is 0 Å². The molecule has 1 amide bonds. The third-order valence-electron chi connectivity index (χ3n) is 3.27. The summed E-state index contributed by atoms with van der Waals surface area (Å²) in [5.74, 6) is 0.0431. The molecule has 0 radical (unpaired) electrons. The molecule has 4 unspecified atom stereocenters. The van der Waals surface area contributed by atoms with Crippen molar-refractivity contribution in [3.05, 3.63) is 0 Å². The van der Waals surface area contributed by atoms with Crippen molar-refractivity contribution in [2.24, 2.45) is 17.6 Å². The van der Waals surface area contributed by atoms with Crippen LogP contribution in [0.4, 0.5) is 0 Å². The molecule has 4 heteroatoms. The van der Waals surface area contributed by atoms with Crippen LogP contribution < -0.4 is 11.1 Å². The summed E-state index contributed by atoms with van der Waals surface area (Å²) in [6.07, 6.45) is 2.49. The van der Waals surface area contributed by atoms with Crippen molar-refractivity contribution in [2.75, 3.05) is 0 Å². The van der Waals surface area contributed by atoms with Crippen molar-refractivity contribution in [3.63, 3.8) is 0 Å². The molecule has 94 valence electrons. The maximum absolute atomic E-state index is 11.7. The molecule has 0 aliphatic rings. The van der Waals surface area contributed by atoms with Crippen LogP contribution in [0.3, 0.4) is 0 Å². The van der Waals surface area contributed by atoms with Crippen LogP contribution in [-0.2, 0) is 9.59 Å². The molecular formula is C12H24N2O2. The molecular weight excluding hydrogens is 204 g/mol. The topological polar surface area (TPSA) is 72.2 Å². The van der Waals surface area contributed by atoms with Gasteiger partial charge in [0.05, 0.1) is 12.1 Å². The molecule has 0 fully saturated rings. The van der Waals surface area contributed by atoms with Crippen molar-refractivity contribution in [2.45, 2.75) is 52.6 Å². The zero-order chi connectivity index (χ0) is 12.7. The SMILES string of the molecule is CCC(C)C(C=O)NC(=O)C(N)C(C)CC. The van der Waals surface area contributed by atoms with Crippen LogP contribution in [-0.4, -0.2) is 24.3 Å². The van der Waals surface area contributed by atoms with Gasteiger partial charge in [0.15, 0.2) is 0 Å². The third-order valence-corrected chi connectivity index (χ3v) is 3.27. The van der Waals surface area contributed by atoms with E-state index in [1.54, 1.807) is 0 Å². The van der Waals surface area contributed by atoms with Crippen molar-refractivity contribution >= 4 is 12.2 Å². The van der Waals surface area contributed by atoms with E-state index in [1.165, 1.54) is 0 Å². The van der Waals surface area contributed by atoms with Crippen LogP contribution in [0.25, 0.3) is 0 Å². The minimum absolute atomic E-state index is 0.129. The number of carbonyl (C=O) groups is 2. The second-order valence-corrected chi connectivity index (χ2v) is 4.47. The van der Waals surface area contributed by atoms with Crippen LogP contribution in [0, 0.1) is 11.8 Å². The first-order chi connectivity index (χ1) is 7.47. The first kappa shape index (κ1) is 15.1. The van der Waals surface area contributed by atoms with E-state index in [-0.39, 0.29) is 17.7 Å². The average Bonchev–Trinajstić information content (AvgIpc) is 2.32. The predicted octanol–water partition coefficient (Wildman–Crippen LogP) is 1.09. The predicted molar refractivity (Wildman–Crippen MR) is 64.9 cm³/mol. The Balaban J connectivity index is 4.35. The van der Waals surface area contributed by atoms with Gasteiger partial charge < -0.3 is 15.8 Å². The molecule has 0 rings (SSSR count). The summed E-state index contributed by atoms with van der Waals surface area (Å²) in [4.78, 5) is 22.6. The molecule has 4 atom stereocenters. The number of nitrogens with two attached hydrogens (primary N) is 1. The van der Waals surface area contributed by atoms with Crippen LogP contribution in [0.5, 0.6) is 0 Å². The molecule has 0 saturated heterocycles. The van der Waals surface area contributed by atoms with Gasteiger partial charge in [-0.15, -0.1) is 0 Å². The van der Waals surface area contributed by atoms with Gasteiger partial charge in [-0.2, -0.15) is 0 Å². The van der Waals surface area contributed by atoms with Crippen molar-refractivity contribution in [1.29, 1.82) is 0 Å². The molecule has 0 bridgehead atoms. The Morgan fingerprint density at radius 1 is 1.25 bits per heavy atom. The van der Waals surface area contributed by atoms with Crippen LogP contribution in [0.2, 0.25) is 0 Å². The van der Waals surface area contributed by atoms with E-state index in [2.05, 4.69) is 5.32 Å². The fraction of sp³-hybridized carbons (Fsp3) is 0.833. The molecule has 0 aliphatic heterocycles. The summed E-state index contributed by atoms with van der Waals surface area (Å²) >= 11 is 0. The summed E-state index contributed by atoms with van der Waals surface area (Å²) in [5, 5.41) is 2.70. The standard InChI is InChI=1S/C12H24N2O2/c1-5-8(3)10(7-15)14-12(16)11(13)9(4)6-2/h7-11H,5-6,13H2,1-4H3,(H,14,16). The van der Waals surface area contributed by atoms with Crippen LogP contribution in [0.1, 0.15) is 40.5 Å². The Morgan fingerprint density at radius 2 is 1.75 bits per heavy atom. The molecule has 16 heavy (non-hydrogen) atoms. The second kappa shape index (κ2) is 7.39. The molecule has 0 aliphatic carbocycles. The number of hydrogen-bond donors (Lipinski definition) is 2. The molecule has 4 nitrogen and oxygen atoms in total. The fourth-order valence-corrected chi connectivity index (χ4v) is 1.34. The number of amides is 1. The van der Waals surface area contributed by atoms with Gasteiger partial charge in [-0.3, -0.25) is 4.79 Å².